The molecule has 3 N–H and O–H groups in total. The van der Waals surface area contributed by atoms with E-state index in [-0.39, 0.29) is 48.3 Å². The van der Waals surface area contributed by atoms with Crippen molar-refractivity contribution in [2.75, 3.05) is 13.2 Å². The first-order valence-electron chi connectivity index (χ1n) is 11.1. The number of alkyl carbamates (subject to hydrolysis) is 1. The first-order valence-corrected chi connectivity index (χ1v) is 11.1. The van der Waals surface area contributed by atoms with E-state index in [0.717, 1.165) is 11.1 Å². The van der Waals surface area contributed by atoms with Gasteiger partial charge in [-0.25, -0.2) is 9.59 Å². The molecule has 34 heavy (non-hydrogen) atoms. The SMILES string of the molecule is O=C(NC[C@H]1C[C@H]1C(=O)NCc1cc(C(=O)O)no1)OCC1c2ccccc2-c2ccccc21. The summed E-state index contributed by atoms with van der Waals surface area (Å²) in [6.45, 7) is 0.645. The summed E-state index contributed by atoms with van der Waals surface area (Å²) < 4.78 is 10.4. The maximum Gasteiger partial charge on any atom is 0.407 e. The van der Waals surface area contributed by atoms with Crippen LogP contribution in [0.5, 0.6) is 0 Å². The van der Waals surface area contributed by atoms with Crippen LogP contribution in [0.2, 0.25) is 0 Å². The lowest BCUT2D eigenvalue weighted by molar-refractivity contribution is -0.122. The van der Waals surface area contributed by atoms with Gasteiger partial charge in [-0.3, -0.25) is 4.79 Å². The van der Waals surface area contributed by atoms with Crippen molar-refractivity contribution in [3.05, 3.63) is 77.2 Å². The van der Waals surface area contributed by atoms with Gasteiger partial charge in [-0.1, -0.05) is 53.7 Å². The van der Waals surface area contributed by atoms with Crippen LogP contribution < -0.4 is 10.6 Å². The number of ether oxygens (including phenoxy) is 1. The Labute approximate surface area is 195 Å². The number of carbonyl (C=O) groups excluding carboxylic acids is 2. The summed E-state index contributed by atoms with van der Waals surface area (Å²) in [5.41, 5.74) is 4.43. The maximum atomic E-state index is 12.3. The average molecular weight is 461 g/mol. The van der Waals surface area contributed by atoms with Gasteiger partial charge in [0.05, 0.1) is 6.54 Å². The molecule has 5 rings (SSSR count). The number of hydrogen-bond donors (Lipinski definition) is 3. The second-order valence-electron chi connectivity index (χ2n) is 8.51. The van der Waals surface area contributed by atoms with Crippen molar-refractivity contribution in [1.29, 1.82) is 0 Å². The van der Waals surface area contributed by atoms with Gasteiger partial charge in [-0.2, -0.15) is 0 Å². The van der Waals surface area contributed by atoms with E-state index in [4.69, 9.17) is 14.4 Å². The fraction of sp³-hybridized carbons (Fsp3) is 0.280. The third-order valence-corrected chi connectivity index (χ3v) is 6.33. The molecule has 0 radical (unpaired) electrons. The number of carboxylic acids is 1. The van der Waals surface area contributed by atoms with Gasteiger partial charge in [0.2, 0.25) is 5.91 Å². The summed E-state index contributed by atoms with van der Waals surface area (Å²) in [5.74, 6) is -1.29. The Morgan fingerprint density at radius 3 is 2.35 bits per heavy atom. The standard InChI is InChI=1S/C25H23N3O6/c29-23(26-12-15-10-22(24(30)31)28-34-15)20-9-14(20)11-27-25(32)33-13-21-18-7-3-1-5-16(18)17-6-2-4-8-19(17)21/h1-8,10,14,20-21H,9,11-13H2,(H,26,29)(H,27,32)(H,30,31)/t14-,20-/m1/s1. The number of amides is 2. The molecule has 0 spiro atoms. The van der Waals surface area contributed by atoms with E-state index < -0.39 is 12.1 Å². The van der Waals surface area contributed by atoms with Gasteiger partial charge in [-0.05, 0) is 34.6 Å². The third-order valence-electron chi connectivity index (χ3n) is 6.33. The Morgan fingerprint density at radius 1 is 1.03 bits per heavy atom. The van der Waals surface area contributed by atoms with E-state index in [1.165, 1.54) is 17.2 Å². The molecule has 2 aliphatic carbocycles. The second-order valence-corrected chi connectivity index (χ2v) is 8.51. The zero-order valence-electron chi connectivity index (χ0n) is 18.2. The highest BCUT2D eigenvalue weighted by Crippen LogP contribution is 2.44. The molecule has 2 atom stereocenters. The van der Waals surface area contributed by atoms with Gasteiger partial charge < -0.3 is 25.0 Å². The minimum Gasteiger partial charge on any atom is -0.476 e. The van der Waals surface area contributed by atoms with E-state index in [9.17, 15) is 14.4 Å². The number of benzene rings is 2. The summed E-state index contributed by atoms with van der Waals surface area (Å²) in [6.07, 6.45) is 0.155. The smallest absolute Gasteiger partial charge is 0.407 e. The summed E-state index contributed by atoms with van der Waals surface area (Å²) in [6, 6.07) is 17.6. The van der Waals surface area contributed by atoms with Gasteiger partial charge >= 0.3 is 12.1 Å². The molecule has 1 saturated carbocycles. The van der Waals surface area contributed by atoms with Crippen molar-refractivity contribution in [2.45, 2.75) is 18.9 Å². The molecule has 0 bridgehead atoms. The molecule has 0 aliphatic heterocycles. The first-order chi connectivity index (χ1) is 16.5. The highest BCUT2D eigenvalue weighted by atomic mass is 16.5. The normalized spacial score (nSPS) is 18.0. The molecule has 174 valence electrons. The molecule has 0 saturated heterocycles. The van der Waals surface area contributed by atoms with Crippen molar-refractivity contribution in [3.63, 3.8) is 0 Å². The molecule has 3 aromatic rings. The average Bonchev–Trinajstić information content (AvgIpc) is 3.34. The molecule has 1 fully saturated rings. The predicted octanol–water partition coefficient (Wildman–Crippen LogP) is 3.16. The second kappa shape index (κ2) is 9.01. The van der Waals surface area contributed by atoms with Crippen LogP contribution in [0.15, 0.2) is 59.1 Å². The number of nitrogens with zero attached hydrogens (tertiary/aromatic N) is 1. The Balaban J connectivity index is 1.06. The Kier molecular flexibility index (Phi) is 5.75. The molecule has 2 aliphatic rings. The van der Waals surface area contributed by atoms with Gasteiger partial charge in [0.15, 0.2) is 11.5 Å². The number of carboxylic acid groups (broad SMARTS) is 1. The highest BCUT2D eigenvalue weighted by molar-refractivity contribution is 5.85. The summed E-state index contributed by atoms with van der Waals surface area (Å²) >= 11 is 0. The molecule has 1 heterocycles. The van der Waals surface area contributed by atoms with Crippen LogP contribution in [-0.2, 0) is 16.1 Å². The number of fused-ring (bicyclic) bond motifs is 3. The number of nitrogens with one attached hydrogen (secondary N) is 2. The van der Waals surface area contributed by atoms with E-state index in [0.29, 0.717) is 13.0 Å². The van der Waals surface area contributed by atoms with Crippen molar-refractivity contribution in [1.82, 2.24) is 15.8 Å². The lowest BCUT2D eigenvalue weighted by Crippen LogP contribution is -2.30. The molecule has 2 aromatic carbocycles. The molecule has 2 amide bonds. The number of aromatic carboxylic acids is 1. The van der Waals surface area contributed by atoms with Crippen LogP contribution in [-0.4, -0.2) is 41.4 Å². The minimum atomic E-state index is -1.19. The van der Waals surface area contributed by atoms with E-state index in [2.05, 4.69) is 40.1 Å². The van der Waals surface area contributed by atoms with Crippen LogP contribution >= 0.6 is 0 Å². The van der Waals surface area contributed by atoms with Crippen molar-refractivity contribution in [3.8, 4) is 11.1 Å². The van der Waals surface area contributed by atoms with Crippen LogP contribution in [0, 0.1) is 11.8 Å². The van der Waals surface area contributed by atoms with Crippen LogP contribution in [0.4, 0.5) is 4.79 Å². The first kappa shape index (κ1) is 21.7. The fourth-order valence-corrected chi connectivity index (χ4v) is 4.46. The third kappa shape index (κ3) is 4.36. The van der Waals surface area contributed by atoms with Crippen molar-refractivity contribution < 1.29 is 28.8 Å². The largest absolute Gasteiger partial charge is 0.476 e. The maximum absolute atomic E-state index is 12.3. The van der Waals surface area contributed by atoms with E-state index >= 15 is 0 Å². The lowest BCUT2D eigenvalue weighted by atomic mass is 9.98. The van der Waals surface area contributed by atoms with Crippen molar-refractivity contribution >= 4 is 18.0 Å². The molecule has 9 heteroatoms. The Bertz CT molecular complexity index is 1210. The lowest BCUT2D eigenvalue weighted by Gasteiger charge is -2.14. The zero-order valence-corrected chi connectivity index (χ0v) is 18.2. The van der Waals surface area contributed by atoms with E-state index in [1.807, 2.05) is 24.3 Å². The van der Waals surface area contributed by atoms with Crippen molar-refractivity contribution in [2.24, 2.45) is 11.8 Å². The quantitative estimate of drug-likeness (QED) is 0.470. The monoisotopic (exact) mass is 461 g/mol. The van der Waals surface area contributed by atoms with Crippen LogP contribution in [0.25, 0.3) is 11.1 Å². The van der Waals surface area contributed by atoms with Gasteiger partial charge in [0, 0.05) is 24.4 Å². The molecule has 9 nitrogen and oxygen atoms in total. The number of rotatable bonds is 8. The molecule has 1 aromatic heterocycles. The minimum absolute atomic E-state index is 0.00432. The van der Waals surface area contributed by atoms with Crippen LogP contribution in [0.3, 0.4) is 0 Å². The number of carbonyl (C=O) groups is 3. The molecular weight excluding hydrogens is 438 g/mol. The summed E-state index contributed by atoms with van der Waals surface area (Å²) in [5, 5.41) is 17.7. The highest BCUT2D eigenvalue weighted by Gasteiger charge is 2.43. The summed E-state index contributed by atoms with van der Waals surface area (Å²) in [4.78, 5) is 35.4. The van der Waals surface area contributed by atoms with E-state index in [1.54, 1.807) is 0 Å². The zero-order chi connectivity index (χ0) is 23.7. The summed E-state index contributed by atoms with van der Waals surface area (Å²) in [7, 11) is 0. The van der Waals surface area contributed by atoms with Gasteiger partial charge in [0.25, 0.3) is 0 Å². The van der Waals surface area contributed by atoms with Crippen LogP contribution in [0.1, 0.15) is 39.7 Å². The molecular formula is C25H23N3O6. The Morgan fingerprint density at radius 2 is 1.71 bits per heavy atom. The predicted molar refractivity (Wildman–Crippen MR) is 120 cm³/mol. The Hall–Kier alpha value is -4.14. The fourth-order valence-electron chi connectivity index (χ4n) is 4.46. The number of aromatic nitrogens is 1. The van der Waals surface area contributed by atoms with Gasteiger partial charge in [-0.15, -0.1) is 0 Å². The topological polar surface area (TPSA) is 131 Å². The number of hydrogen-bond acceptors (Lipinski definition) is 6. The molecule has 0 unspecified atom stereocenters. The van der Waals surface area contributed by atoms with Gasteiger partial charge in [0.1, 0.15) is 6.61 Å².